The van der Waals surface area contributed by atoms with Gasteiger partial charge in [-0.2, -0.15) is 0 Å². The molecule has 7 heteroatoms. The largest absolute Gasteiger partial charge is 0.480 e. The van der Waals surface area contributed by atoms with Gasteiger partial charge in [0, 0.05) is 5.69 Å². The molecule has 0 aliphatic carbocycles. The number of aliphatic carboxylic acids is 1. The van der Waals surface area contributed by atoms with Crippen molar-refractivity contribution in [2.24, 2.45) is 0 Å². The number of hydrogen-bond donors (Lipinski definition) is 2. The standard InChI is InChI=1S/C14H17NO6/c1-14(2,3)21-13(20)15(8-11(16)17)10-6-4-9(5-7-10)12(18)19/h4-7H,8H2,1-3H3,(H,16,17)(H,18,19). The van der Waals surface area contributed by atoms with Crippen LogP contribution in [0.4, 0.5) is 10.5 Å². The average Bonchev–Trinajstić information content (AvgIpc) is 2.33. The van der Waals surface area contributed by atoms with Gasteiger partial charge >= 0.3 is 18.0 Å². The van der Waals surface area contributed by atoms with Gasteiger partial charge in [0.05, 0.1) is 5.56 Å². The predicted molar refractivity (Wildman–Crippen MR) is 74.6 cm³/mol. The fourth-order valence-corrected chi connectivity index (χ4v) is 1.50. The number of amides is 1. The van der Waals surface area contributed by atoms with Crippen molar-refractivity contribution < 1.29 is 29.3 Å². The second kappa shape index (κ2) is 6.25. The Kier molecular flexibility index (Phi) is 4.91. The molecule has 0 aliphatic rings. The zero-order valence-corrected chi connectivity index (χ0v) is 12.0. The number of benzene rings is 1. The number of anilines is 1. The highest BCUT2D eigenvalue weighted by atomic mass is 16.6. The van der Waals surface area contributed by atoms with E-state index in [1.807, 2.05) is 0 Å². The van der Waals surface area contributed by atoms with E-state index < -0.39 is 30.2 Å². The van der Waals surface area contributed by atoms with E-state index in [2.05, 4.69) is 0 Å². The molecule has 0 fully saturated rings. The van der Waals surface area contributed by atoms with Crippen molar-refractivity contribution in [3.8, 4) is 0 Å². The molecule has 1 amide bonds. The lowest BCUT2D eigenvalue weighted by Gasteiger charge is -2.26. The summed E-state index contributed by atoms with van der Waals surface area (Å²) in [5, 5.41) is 17.7. The van der Waals surface area contributed by atoms with Crippen LogP contribution in [-0.4, -0.2) is 40.4 Å². The van der Waals surface area contributed by atoms with Crippen molar-refractivity contribution in [3.05, 3.63) is 29.8 Å². The molecule has 1 aromatic rings. The topological polar surface area (TPSA) is 104 Å². The second-order valence-electron chi connectivity index (χ2n) is 5.31. The van der Waals surface area contributed by atoms with Gasteiger partial charge in [0.1, 0.15) is 12.1 Å². The third-order valence-electron chi connectivity index (χ3n) is 2.33. The first kappa shape index (κ1) is 16.5. The molecule has 1 rings (SSSR count). The lowest BCUT2D eigenvalue weighted by atomic mass is 10.2. The fourth-order valence-electron chi connectivity index (χ4n) is 1.50. The van der Waals surface area contributed by atoms with Crippen molar-refractivity contribution in [2.75, 3.05) is 11.4 Å². The smallest absolute Gasteiger partial charge is 0.415 e. The summed E-state index contributed by atoms with van der Waals surface area (Å²) < 4.78 is 5.14. The van der Waals surface area contributed by atoms with Crippen LogP contribution < -0.4 is 4.90 Å². The SMILES string of the molecule is CC(C)(C)OC(=O)N(CC(=O)O)c1ccc(C(=O)O)cc1. The van der Waals surface area contributed by atoms with Crippen LogP contribution in [0, 0.1) is 0 Å². The lowest BCUT2D eigenvalue weighted by molar-refractivity contribution is -0.135. The second-order valence-corrected chi connectivity index (χ2v) is 5.31. The quantitative estimate of drug-likeness (QED) is 0.882. The number of carboxylic acid groups (broad SMARTS) is 2. The number of carboxylic acids is 2. The monoisotopic (exact) mass is 295 g/mol. The summed E-state index contributed by atoms with van der Waals surface area (Å²) in [6, 6.07) is 5.29. The normalized spacial score (nSPS) is 10.8. The Morgan fingerprint density at radius 1 is 1.10 bits per heavy atom. The zero-order chi connectivity index (χ0) is 16.2. The van der Waals surface area contributed by atoms with Gasteiger partial charge in [-0.1, -0.05) is 0 Å². The summed E-state index contributed by atoms with van der Waals surface area (Å²) >= 11 is 0. The molecule has 21 heavy (non-hydrogen) atoms. The number of nitrogens with zero attached hydrogens (tertiary/aromatic N) is 1. The maximum atomic E-state index is 12.0. The first-order valence-electron chi connectivity index (χ1n) is 6.16. The van der Waals surface area contributed by atoms with E-state index in [0.29, 0.717) is 0 Å². The molecule has 0 aromatic heterocycles. The number of aromatic carboxylic acids is 1. The van der Waals surface area contributed by atoms with Crippen LogP contribution in [0.25, 0.3) is 0 Å². The third-order valence-corrected chi connectivity index (χ3v) is 2.33. The molecule has 114 valence electrons. The van der Waals surface area contributed by atoms with Gasteiger partial charge in [-0.25, -0.2) is 9.59 Å². The summed E-state index contributed by atoms with van der Waals surface area (Å²) in [5.74, 6) is -2.31. The Labute approximate surface area is 121 Å². The van der Waals surface area contributed by atoms with Gasteiger partial charge in [0.25, 0.3) is 0 Å². The van der Waals surface area contributed by atoms with Gasteiger partial charge in [-0.15, -0.1) is 0 Å². The zero-order valence-electron chi connectivity index (χ0n) is 12.0. The molecule has 0 radical (unpaired) electrons. The molecule has 1 aromatic carbocycles. The fraction of sp³-hybridized carbons (Fsp3) is 0.357. The maximum absolute atomic E-state index is 12.0. The highest BCUT2D eigenvalue weighted by Crippen LogP contribution is 2.19. The van der Waals surface area contributed by atoms with E-state index in [0.717, 1.165) is 4.90 Å². The van der Waals surface area contributed by atoms with Crippen LogP contribution in [-0.2, 0) is 9.53 Å². The summed E-state index contributed by atoms with van der Waals surface area (Å²) in [6.45, 7) is 4.41. The number of ether oxygens (including phenoxy) is 1. The van der Waals surface area contributed by atoms with Gasteiger partial charge < -0.3 is 14.9 Å². The number of carbonyl (C=O) groups is 3. The van der Waals surface area contributed by atoms with Gasteiger partial charge in [0.15, 0.2) is 0 Å². The average molecular weight is 295 g/mol. The van der Waals surface area contributed by atoms with Crippen LogP contribution in [0.1, 0.15) is 31.1 Å². The Hall–Kier alpha value is -2.57. The Morgan fingerprint density at radius 3 is 2.00 bits per heavy atom. The molecule has 0 saturated carbocycles. The van der Waals surface area contributed by atoms with Crippen molar-refractivity contribution >= 4 is 23.7 Å². The molecule has 0 atom stereocenters. The van der Waals surface area contributed by atoms with E-state index in [1.165, 1.54) is 24.3 Å². The molecule has 0 saturated heterocycles. The first-order valence-corrected chi connectivity index (χ1v) is 6.16. The van der Waals surface area contributed by atoms with Crippen molar-refractivity contribution in [1.29, 1.82) is 0 Å². The van der Waals surface area contributed by atoms with Crippen molar-refractivity contribution in [1.82, 2.24) is 0 Å². The van der Waals surface area contributed by atoms with E-state index in [-0.39, 0.29) is 11.3 Å². The number of carbonyl (C=O) groups excluding carboxylic acids is 1. The van der Waals surface area contributed by atoms with Crippen LogP contribution in [0.15, 0.2) is 24.3 Å². The molecule has 0 spiro atoms. The minimum Gasteiger partial charge on any atom is -0.480 e. The summed E-state index contributed by atoms with van der Waals surface area (Å²) in [4.78, 5) is 34.6. The number of rotatable bonds is 4. The first-order chi connectivity index (χ1) is 9.60. The highest BCUT2D eigenvalue weighted by molar-refractivity contribution is 5.94. The molecule has 2 N–H and O–H groups in total. The van der Waals surface area contributed by atoms with Crippen LogP contribution in [0.3, 0.4) is 0 Å². The van der Waals surface area contributed by atoms with Gasteiger partial charge in [-0.05, 0) is 45.0 Å². The maximum Gasteiger partial charge on any atom is 0.415 e. The lowest BCUT2D eigenvalue weighted by Crippen LogP contribution is -2.40. The molecule has 7 nitrogen and oxygen atoms in total. The number of hydrogen-bond acceptors (Lipinski definition) is 4. The predicted octanol–water partition coefficient (Wildman–Crippen LogP) is 2.21. The third kappa shape index (κ3) is 5.13. The Balaban J connectivity index is 3.04. The van der Waals surface area contributed by atoms with E-state index >= 15 is 0 Å². The van der Waals surface area contributed by atoms with Crippen LogP contribution in [0.5, 0.6) is 0 Å². The van der Waals surface area contributed by atoms with Crippen molar-refractivity contribution in [2.45, 2.75) is 26.4 Å². The van der Waals surface area contributed by atoms with Gasteiger partial charge in [-0.3, -0.25) is 9.69 Å². The van der Waals surface area contributed by atoms with Gasteiger partial charge in [0.2, 0.25) is 0 Å². The minimum atomic E-state index is -1.21. The highest BCUT2D eigenvalue weighted by Gasteiger charge is 2.25. The molecule has 0 heterocycles. The molecular weight excluding hydrogens is 278 g/mol. The minimum absolute atomic E-state index is 0.0400. The Bertz CT molecular complexity index is 544. The molecule has 0 unspecified atom stereocenters. The molecule has 0 bridgehead atoms. The molecular formula is C14H17NO6. The summed E-state index contributed by atoms with van der Waals surface area (Å²) in [5.41, 5.74) is -0.482. The van der Waals surface area contributed by atoms with E-state index in [4.69, 9.17) is 14.9 Å². The van der Waals surface area contributed by atoms with E-state index in [9.17, 15) is 14.4 Å². The molecule has 0 aliphatic heterocycles. The van der Waals surface area contributed by atoms with Crippen LogP contribution >= 0.6 is 0 Å². The Morgan fingerprint density at radius 2 is 1.62 bits per heavy atom. The van der Waals surface area contributed by atoms with Crippen molar-refractivity contribution in [3.63, 3.8) is 0 Å². The van der Waals surface area contributed by atoms with Crippen LogP contribution in [0.2, 0.25) is 0 Å². The summed E-state index contributed by atoms with van der Waals surface area (Å²) in [7, 11) is 0. The van der Waals surface area contributed by atoms with E-state index in [1.54, 1.807) is 20.8 Å². The summed E-state index contributed by atoms with van der Waals surface area (Å²) in [6.07, 6.45) is -0.812.